The topological polar surface area (TPSA) is 69.0 Å². The van der Waals surface area contributed by atoms with Gasteiger partial charge in [0.05, 0.1) is 5.75 Å². The van der Waals surface area contributed by atoms with E-state index in [2.05, 4.69) is 15.5 Å². The molecule has 0 spiro atoms. The molecule has 3 rings (SSSR count). The molecule has 0 saturated heterocycles. The zero-order valence-electron chi connectivity index (χ0n) is 18.4. The van der Waals surface area contributed by atoms with Gasteiger partial charge in [-0.15, -0.1) is 10.2 Å². The van der Waals surface area contributed by atoms with Crippen molar-refractivity contribution < 1.29 is 9.53 Å². The summed E-state index contributed by atoms with van der Waals surface area (Å²) < 4.78 is 8.10. The highest BCUT2D eigenvalue weighted by Crippen LogP contribution is 2.29. The zero-order valence-corrected chi connectivity index (χ0v) is 20.0. The Morgan fingerprint density at radius 3 is 2.55 bits per heavy atom. The van der Waals surface area contributed by atoms with Crippen LogP contribution >= 0.6 is 23.4 Å². The molecule has 1 amide bonds. The average Bonchev–Trinajstić information content (AvgIpc) is 3.13. The monoisotopic (exact) mass is 458 g/mol. The van der Waals surface area contributed by atoms with E-state index in [9.17, 15) is 4.79 Å². The minimum Gasteiger partial charge on any atom is -0.483 e. The molecule has 1 N–H and O–H groups in total. The number of thioether (sulfide) groups is 1. The van der Waals surface area contributed by atoms with Crippen LogP contribution in [0.3, 0.4) is 0 Å². The van der Waals surface area contributed by atoms with Crippen molar-refractivity contribution in [1.82, 2.24) is 14.8 Å². The number of aryl methyl sites for hydroxylation is 3. The van der Waals surface area contributed by atoms with Gasteiger partial charge in [-0.25, -0.2) is 0 Å². The number of halogens is 1. The fourth-order valence-corrected chi connectivity index (χ4v) is 4.20. The van der Waals surface area contributed by atoms with Crippen LogP contribution in [0, 0.1) is 20.8 Å². The van der Waals surface area contributed by atoms with E-state index in [-0.39, 0.29) is 17.8 Å². The Morgan fingerprint density at radius 2 is 1.90 bits per heavy atom. The highest BCUT2D eigenvalue weighted by molar-refractivity contribution is 7.99. The van der Waals surface area contributed by atoms with E-state index in [1.165, 1.54) is 11.8 Å². The first-order valence-corrected chi connectivity index (χ1v) is 11.5. The fourth-order valence-electron chi connectivity index (χ4n) is 3.29. The van der Waals surface area contributed by atoms with Crippen LogP contribution < -0.4 is 10.1 Å². The van der Waals surface area contributed by atoms with Gasteiger partial charge in [0.1, 0.15) is 5.75 Å². The van der Waals surface area contributed by atoms with Crippen molar-refractivity contribution in [2.45, 2.75) is 52.4 Å². The van der Waals surface area contributed by atoms with E-state index in [1.54, 1.807) is 0 Å². The number of benzene rings is 2. The van der Waals surface area contributed by atoms with Crippen LogP contribution in [0.1, 0.15) is 42.5 Å². The summed E-state index contributed by atoms with van der Waals surface area (Å²) >= 11 is 7.61. The quantitative estimate of drug-likeness (QED) is 0.435. The van der Waals surface area contributed by atoms with E-state index in [0.29, 0.717) is 17.5 Å². The summed E-state index contributed by atoms with van der Waals surface area (Å²) in [5, 5.41) is 13.0. The minimum atomic E-state index is -0.303. The third kappa shape index (κ3) is 5.80. The van der Waals surface area contributed by atoms with Gasteiger partial charge in [-0.1, -0.05) is 35.5 Å². The molecule has 2 aromatic carbocycles. The molecule has 0 aliphatic carbocycles. The summed E-state index contributed by atoms with van der Waals surface area (Å²) in [4.78, 5) is 12.3. The molecule has 8 heteroatoms. The van der Waals surface area contributed by atoms with Crippen molar-refractivity contribution >= 4 is 35.0 Å². The van der Waals surface area contributed by atoms with Crippen LogP contribution in [0.15, 0.2) is 41.6 Å². The number of hydrogen-bond donors (Lipinski definition) is 1. The van der Waals surface area contributed by atoms with Gasteiger partial charge in [0.25, 0.3) is 0 Å². The molecule has 0 saturated carbocycles. The van der Waals surface area contributed by atoms with Gasteiger partial charge in [0.15, 0.2) is 17.1 Å². The molecule has 1 unspecified atom stereocenters. The Balaban J connectivity index is 1.66. The van der Waals surface area contributed by atoms with Gasteiger partial charge in [0.2, 0.25) is 5.91 Å². The highest BCUT2D eigenvalue weighted by atomic mass is 35.5. The van der Waals surface area contributed by atoms with E-state index in [1.807, 2.05) is 75.6 Å². The number of rotatable bonds is 8. The Morgan fingerprint density at radius 1 is 1.19 bits per heavy atom. The molecule has 0 bridgehead atoms. The van der Waals surface area contributed by atoms with E-state index in [4.69, 9.17) is 16.3 Å². The second kappa shape index (κ2) is 10.2. The van der Waals surface area contributed by atoms with Crippen molar-refractivity contribution in [3.05, 3.63) is 63.9 Å². The number of amides is 1. The molecule has 0 radical (unpaired) electrons. The van der Waals surface area contributed by atoms with Crippen molar-refractivity contribution in [2.24, 2.45) is 0 Å². The van der Waals surface area contributed by atoms with Gasteiger partial charge in [-0.05, 0) is 75.6 Å². The average molecular weight is 459 g/mol. The number of carbonyl (C=O) groups excluding carboxylic acids is 1. The summed E-state index contributed by atoms with van der Waals surface area (Å²) in [6.07, 6.45) is -0.303. The second-order valence-corrected chi connectivity index (χ2v) is 8.74. The van der Waals surface area contributed by atoms with Gasteiger partial charge in [-0.3, -0.25) is 4.79 Å². The number of hydrogen-bond acceptors (Lipinski definition) is 5. The summed E-state index contributed by atoms with van der Waals surface area (Å²) in [6.45, 7) is 10.5. The van der Waals surface area contributed by atoms with E-state index >= 15 is 0 Å². The van der Waals surface area contributed by atoms with Gasteiger partial charge < -0.3 is 14.6 Å². The Kier molecular flexibility index (Phi) is 7.62. The Bertz CT molecular complexity index is 1060. The van der Waals surface area contributed by atoms with Crippen molar-refractivity contribution in [3.63, 3.8) is 0 Å². The molecular formula is C23H27ClN4O2S. The zero-order chi connectivity index (χ0) is 22.5. The number of nitrogens with zero attached hydrogens (tertiary/aromatic N) is 3. The first-order valence-electron chi connectivity index (χ1n) is 10.1. The van der Waals surface area contributed by atoms with Crippen LogP contribution in [0.4, 0.5) is 5.69 Å². The molecule has 0 aliphatic rings. The first-order chi connectivity index (χ1) is 14.8. The Labute approximate surface area is 192 Å². The molecule has 31 heavy (non-hydrogen) atoms. The second-order valence-electron chi connectivity index (χ2n) is 7.42. The van der Waals surface area contributed by atoms with Crippen LogP contribution in [0.25, 0.3) is 0 Å². The normalized spacial score (nSPS) is 11.9. The summed E-state index contributed by atoms with van der Waals surface area (Å²) in [5.41, 5.74) is 3.83. The lowest BCUT2D eigenvalue weighted by molar-refractivity contribution is -0.113. The maximum absolute atomic E-state index is 12.3. The maximum Gasteiger partial charge on any atom is 0.234 e. The lowest BCUT2D eigenvalue weighted by Gasteiger charge is -2.17. The predicted molar refractivity (Wildman–Crippen MR) is 126 cm³/mol. The number of anilines is 1. The molecule has 1 aromatic heterocycles. The van der Waals surface area contributed by atoms with Crippen LogP contribution in [-0.4, -0.2) is 26.4 Å². The third-order valence-electron chi connectivity index (χ3n) is 4.78. The number of ether oxygens (including phenoxy) is 1. The largest absolute Gasteiger partial charge is 0.483 e. The molecule has 0 fully saturated rings. The van der Waals surface area contributed by atoms with Gasteiger partial charge >= 0.3 is 0 Å². The van der Waals surface area contributed by atoms with Crippen LogP contribution in [0.2, 0.25) is 5.02 Å². The maximum atomic E-state index is 12.3. The first kappa shape index (κ1) is 23.2. The summed E-state index contributed by atoms with van der Waals surface area (Å²) in [6, 6.07) is 11.6. The SMILES string of the molecule is CCn1c(SCC(=O)Nc2cccc(C)c2)nnc1C(C)Oc1cc(C)c(Cl)c(C)c1. The number of nitrogens with one attached hydrogen (secondary N) is 1. The van der Waals surface area contributed by atoms with Gasteiger partial charge in [0, 0.05) is 17.3 Å². The third-order valence-corrected chi connectivity index (χ3v) is 6.35. The van der Waals surface area contributed by atoms with Crippen molar-refractivity contribution in [2.75, 3.05) is 11.1 Å². The Hall–Kier alpha value is -2.51. The molecule has 1 heterocycles. The smallest absolute Gasteiger partial charge is 0.234 e. The lowest BCUT2D eigenvalue weighted by atomic mass is 10.1. The molecule has 6 nitrogen and oxygen atoms in total. The molecule has 1 atom stereocenters. The van der Waals surface area contributed by atoms with Crippen molar-refractivity contribution in [3.8, 4) is 5.75 Å². The summed E-state index contributed by atoms with van der Waals surface area (Å²) in [5.74, 6) is 1.62. The minimum absolute atomic E-state index is 0.0841. The number of aromatic nitrogens is 3. The molecule has 164 valence electrons. The van der Waals surface area contributed by atoms with E-state index in [0.717, 1.165) is 33.1 Å². The van der Waals surface area contributed by atoms with E-state index < -0.39 is 0 Å². The predicted octanol–water partition coefficient (Wildman–Crippen LogP) is 5.75. The molecular weight excluding hydrogens is 432 g/mol. The lowest BCUT2D eigenvalue weighted by Crippen LogP contribution is -2.15. The molecule has 0 aliphatic heterocycles. The van der Waals surface area contributed by atoms with Crippen molar-refractivity contribution in [1.29, 1.82) is 0 Å². The fraction of sp³-hybridized carbons (Fsp3) is 0.348. The van der Waals surface area contributed by atoms with Crippen LogP contribution in [-0.2, 0) is 11.3 Å². The highest BCUT2D eigenvalue weighted by Gasteiger charge is 2.20. The van der Waals surface area contributed by atoms with Crippen LogP contribution in [0.5, 0.6) is 5.75 Å². The van der Waals surface area contributed by atoms with Gasteiger partial charge in [-0.2, -0.15) is 0 Å². The summed E-state index contributed by atoms with van der Waals surface area (Å²) in [7, 11) is 0. The molecule has 3 aromatic rings. The number of carbonyl (C=O) groups is 1. The standard InChI is InChI=1S/C23H27ClN4O2S/c1-6-28-22(17(5)30-19-11-15(3)21(24)16(4)12-19)26-27-23(28)31-13-20(29)25-18-9-7-8-14(2)10-18/h7-12,17H,6,13H2,1-5H3,(H,25,29).